The molecular weight excluding hydrogens is 434 g/mol. The minimum absolute atomic E-state index is 0.190. The van der Waals surface area contributed by atoms with Crippen molar-refractivity contribution >= 4 is 23.1 Å². The molecule has 2 aliphatic heterocycles. The lowest BCUT2D eigenvalue weighted by molar-refractivity contribution is 0.274. The predicted octanol–water partition coefficient (Wildman–Crippen LogP) is 4.69. The molecule has 0 radical (unpaired) electrons. The summed E-state index contributed by atoms with van der Waals surface area (Å²) >= 11 is 6.76. The standard InChI is InChI=1S/C24H27ClF2N4O/c1-4-30-9-5-11-32-23-21(17-7-6-16(26)12-20(17)27)19(25)13-18(22(23)30)24(28-3)31-10-8-29-14-15(31)2/h4,6-7,12-13,15,29H,1,5,8-11,14H2,2-3H3. The van der Waals surface area contributed by atoms with Gasteiger partial charge in [-0.15, -0.1) is 0 Å². The molecule has 0 saturated carbocycles. The van der Waals surface area contributed by atoms with Crippen LogP contribution in [0, 0.1) is 11.6 Å². The van der Waals surface area contributed by atoms with Crippen LogP contribution >= 0.6 is 11.6 Å². The molecule has 1 unspecified atom stereocenters. The monoisotopic (exact) mass is 460 g/mol. The van der Waals surface area contributed by atoms with Gasteiger partial charge in [0.2, 0.25) is 0 Å². The van der Waals surface area contributed by atoms with E-state index in [1.54, 1.807) is 19.3 Å². The third-order valence-corrected chi connectivity index (χ3v) is 6.23. The summed E-state index contributed by atoms with van der Waals surface area (Å²) in [5, 5.41) is 3.71. The van der Waals surface area contributed by atoms with Crippen LogP contribution in [-0.2, 0) is 0 Å². The number of hydrogen-bond acceptors (Lipinski definition) is 4. The molecule has 2 aromatic carbocycles. The molecule has 1 saturated heterocycles. The molecule has 1 N–H and O–H groups in total. The lowest BCUT2D eigenvalue weighted by Gasteiger charge is -2.38. The predicted molar refractivity (Wildman–Crippen MR) is 126 cm³/mol. The van der Waals surface area contributed by atoms with Gasteiger partial charge in [-0.3, -0.25) is 4.99 Å². The van der Waals surface area contributed by atoms with Gasteiger partial charge in [0.15, 0.2) is 5.75 Å². The number of benzene rings is 2. The summed E-state index contributed by atoms with van der Waals surface area (Å²) in [6.45, 7) is 9.73. The largest absolute Gasteiger partial charge is 0.491 e. The van der Waals surface area contributed by atoms with Crippen molar-refractivity contribution in [2.24, 2.45) is 4.99 Å². The highest BCUT2D eigenvalue weighted by Crippen LogP contribution is 2.48. The van der Waals surface area contributed by atoms with Gasteiger partial charge in [-0.05, 0) is 37.7 Å². The van der Waals surface area contributed by atoms with Gasteiger partial charge >= 0.3 is 0 Å². The second kappa shape index (κ2) is 9.46. The summed E-state index contributed by atoms with van der Waals surface area (Å²) in [5.41, 5.74) is 2.14. The van der Waals surface area contributed by atoms with E-state index < -0.39 is 11.6 Å². The van der Waals surface area contributed by atoms with Crippen LogP contribution in [0.1, 0.15) is 18.9 Å². The van der Waals surface area contributed by atoms with Crippen molar-refractivity contribution in [3.63, 3.8) is 0 Å². The number of nitrogens with one attached hydrogen (secondary N) is 1. The fourth-order valence-electron chi connectivity index (χ4n) is 4.42. The molecule has 0 aromatic heterocycles. The highest BCUT2D eigenvalue weighted by Gasteiger charge is 2.31. The van der Waals surface area contributed by atoms with Gasteiger partial charge in [0.25, 0.3) is 0 Å². The fourth-order valence-corrected chi connectivity index (χ4v) is 4.72. The minimum Gasteiger partial charge on any atom is -0.491 e. The Balaban J connectivity index is 1.98. The molecule has 32 heavy (non-hydrogen) atoms. The third-order valence-electron chi connectivity index (χ3n) is 5.93. The average Bonchev–Trinajstić information content (AvgIpc) is 2.99. The maximum absolute atomic E-state index is 14.8. The number of fused-ring (bicyclic) bond motifs is 1. The summed E-state index contributed by atoms with van der Waals surface area (Å²) in [7, 11) is 1.76. The van der Waals surface area contributed by atoms with E-state index in [4.69, 9.17) is 16.3 Å². The van der Waals surface area contributed by atoms with E-state index in [-0.39, 0.29) is 11.6 Å². The first-order chi connectivity index (χ1) is 15.5. The van der Waals surface area contributed by atoms with E-state index in [2.05, 4.69) is 28.7 Å². The highest BCUT2D eigenvalue weighted by atomic mass is 35.5. The first-order valence-electron chi connectivity index (χ1n) is 10.7. The van der Waals surface area contributed by atoms with Gasteiger partial charge in [-0.2, -0.15) is 0 Å². The van der Waals surface area contributed by atoms with E-state index in [0.29, 0.717) is 29.5 Å². The van der Waals surface area contributed by atoms with Gasteiger partial charge in [-0.25, -0.2) is 8.78 Å². The molecule has 4 rings (SSSR count). The molecule has 1 fully saturated rings. The van der Waals surface area contributed by atoms with E-state index >= 15 is 0 Å². The van der Waals surface area contributed by atoms with Crippen LogP contribution in [0.4, 0.5) is 14.5 Å². The van der Waals surface area contributed by atoms with Gasteiger partial charge in [0.1, 0.15) is 17.5 Å². The minimum atomic E-state index is -0.694. The SMILES string of the molecule is C=CN1CCCOc2c(-c3ccc(F)cc3F)c(Cl)cc(C(=NC)N3CCNCC3C)c21. The highest BCUT2D eigenvalue weighted by molar-refractivity contribution is 6.34. The molecule has 2 aliphatic rings. The van der Waals surface area contributed by atoms with E-state index in [9.17, 15) is 8.78 Å². The number of piperazine rings is 1. The number of ether oxygens (including phenoxy) is 1. The molecule has 0 spiro atoms. The maximum Gasteiger partial charge on any atom is 0.153 e. The number of aliphatic imine (C=N–C) groups is 1. The number of amidine groups is 1. The van der Waals surface area contributed by atoms with Crippen LogP contribution in [0.2, 0.25) is 5.02 Å². The molecule has 0 aliphatic carbocycles. The van der Waals surface area contributed by atoms with Crippen molar-refractivity contribution in [2.75, 3.05) is 44.7 Å². The number of nitrogens with zero attached hydrogens (tertiary/aromatic N) is 3. The third kappa shape index (κ3) is 4.07. The molecule has 2 aromatic rings. The summed E-state index contributed by atoms with van der Waals surface area (Å²) in [6.07, 6.45) is 2.50. The molecule has 170 valence electrons. The van der Waals surface area contributed by atoms with Gasteiger partial charge in [-0.1, -0.05) is 18.2 Å². The Morgan fingerprint density at radius 1 is 1.31 bits per heavy atom. The number of halogens is 3. The Hall–Kier alpha value is -2.64. The maximum atomic E-state index is 14.8. The fraction of sp³-hybridized carbons (Fsp3) is 0.375. The molecule has 5 nitrogen and oxygen atoms in total. The first kappa shape index (κ1) is 22.6. The smallest absolute Gasteiger partial charge is 0.153 e. The molecule has 2 heterocycles. The van der Waals surface area contributed by atoms with Crippen LogP contribution in [0.25, 0.3) is 11.1 Å². The lowest BCUT2D eigenvalue weighted by atomic mass is 9.97. The summed E-state index contributed by atoms with van der Waals surface area (Å²) < 4.78 is 34.6. The first-order valence-corrected chi connectivity index (χ1v) is 11.1. The van der Waals surface area contributed by atoms with E-state index in [0.717, 1.165) is 49.2 Å². The van der Waals surface area contributed by atoms with E-state index in [1.807, 2.05) is 4.90 Å². The van der Waals surface area contributed by atoms with Crippen LogP contribution in [0.15, 0.2) is 42.0 Å². The zero-order chi connectivity index (χ0) is 22.8. The lowest BCUT2D eigenvalue weighted by Crippen LogP contribution is -2.52. The molecule has 8 heteroatoms. The second-order valence-electron chi connectivity index (χ2n) is 7.95. The number of anilines is 1. The van der Waals surface area contributed by atoms with Crippen molar-refractivity contribution < 1.29 is 13.5 Å². The Kier molecular flexibility index (Phi) is 6.67. The Morgan fingerprint density at radius 2 is 2.12 bits per heavy atom. The zero-order valence-corrected chi connectivity index (χ0v) is 19.1. The summed E-state index contributed by atoms with van der Waals surface area (Å²) in [6, 6.07) is 5.51. The van der Waals surface area contributed by atoms with Gasteiger partial charge in [0, 0.05) is 62.0 Å². The molecule has 1 atom stereocenters. The Morgan fingerprint density at radius 3 is 2.81 bits per heavy atom. The molecular formula is C24H27ClF2N4O. The van der Waals surface area contributed by atoms with Crippen molar-refractivity contribution in [3.05, 3.63) is 59.3 Å². The number of hydrogen-bond donors (Lipinski definition) is 1. The number of rotatable bonds is 3. The quantitative estimate of drug-likeness (QED) is 0.533. The zero-order valence-electron chi connectivity index (χ0n) is 18.3. The average molecular weight is 461 g/mol. The van der Waals surface area contributed by atoms with Crippen LogP contribution < -0.4 is 15.0 Å². The summed E-state index contributed by atoms with van der Waals surface area (Å²) in [4.78, 5) is 8.87. The molecule has 0 amide bonds. The van der Waals surface area contributed by atoms with Crippen LogP contribution in [0.3, 0.4) is 0 Å². The summed E-state index contributed by atoms with van der Waals surface area (Å²) in [5.74, 6) is -0.0910. The van der Waals surface area contributed by atoms with Crippen molar-refractivity contribution in [2.45, 2.75) is 19.4 Å². The van der Waals surface area contributed by atoms with Crippen LogP contribution in [-0.4, -0.2) is 56.6 Å². The van der Waals surface area contributed by atoms with E-state index in [1.165, 1.54) is 12.1 Å². The van der Waals surface area contributed by atoms with Gasteiger partial charge < -0.3 is 19.9 Å². The van der Waals surface area contributed by atoms with Crippen molar-refractivity contribution in [1.29, 1.82) is 0 Å². The van der Waals surface area contributed by atoms with Crippen molar-refractivity contribution in [1.82, 2.24) is 10.2 Å². The normalized spacial score (nSPS) is 19.3. The Labute approximate surface area is 192 Å². The van der Waals surface area contributed by atoms with Crippen LogP contribution in [0.5, 0.6) is 5.75 Å². The van der Waals surface area contributed by atoms with Crippen molar-refractivity contribution in [3.8, 4) is 16.9 Å². The van der Waals surface area contributed by atoms with Gasteiger partial charge in [0.05, 0.1) is 17.3 Å². The Bertz CT molecular complexity index is 1060. The second-order valence-corrected chi connectivity index (χ2v) is 8.36. The molecule has 0 bridgehead atoms. The topological polar surface area (TPSA) is 40.1 Å².